The smallest absolute Gasteiger partial charge is 0.142 e. The van der Waals surface area contributed by atoms with Gasteiger partial charge in [-0.15, -0.1) is 0 Å². The Morgan fingerprint density at radius 1 is 1.05 bits per heavy atom. The third kappa shape index (κ3) is 4.15. The summed E-state index contributed by atoms with van der Waals surface area (Å²) in [6.07, 6.45) is 1.73. The number of oxime groups is 2. The summed E-state index contributed by atoms with van der Waals surface area (Å²) < 4.78 is 0. The van der Waals surface area contributed by atoms with Crippen LogP contribution in [0.3, 0.4) is 0 Å². The van der Waals surface area contributed by atoms with Gasteiger partial charge in [-0.3, -0.25) is 4.98 Å². The molecule has 5 nitrogen and oxygen atoms in total. The molecule has 1 aromatic heterocycles. The average Bonchev–Trinajstić information content (AvgIpc) is 2.54. The standard InChI is InChI=1S/C17H19N3O2/c1-13(2)19-22-12-14-8-4-5-9-15(14)17(20-21-3)16-10-6-7-11-18-16/h4-11H,12H2,1-3H3. The van der Waals surface area contributed by atoms with Crippen molar-refractivity contribution >= 4 is 11.4 Å². The lowest BCUT2D eigenvalue weighted by molar-refractivity contribution is 0.130. The Kier molecular flexibility index (Phi) is 5.65. The minimum Gasteiger partial charge on any atom is -0.399 e. The Morgan fingerprint density at radius 3 is 2.50 bits per heavy atom. The third-order valence-corrected chi connectivity index (χ3v) is 2.83. The summed E-state index contributed by atoms with van der Waals surface area (Å²) in [5, 5.41) is 8.10. The van der Waals surface area contributed by atoms with E-state index in [1.165, 1.54) is 7.11 Å². The maximum Gasteiger partial charge on any atom is 0.142 e. The van der Waals surface area contributed by atoms with E-state index in [1.807, 2.05) is 56.3 Å². The Hall–Kier alpha value is -2.69. The molecule has 0 aliphatic carbocycles. The first-order valence-electron chi connectivity index (χ1n) is 6.96. The van der Waals surface area contributed by atoms with Crippen LogP contribution >= 0.6 is 0 Å². The van der Waals surface area contributed by atoms with E-state index in [0.717, 1.165) is 22.5 Å². The first-order chi connectivity index (χ1) is 10.7. The highest BCUT2D eigenvalue weighted by molar-refractivity contribution is 6.12. The van der Waals surface area contributed by atoms with Crippen molar-refractivity contribution in [3.63, 3.8) is 0 Å². The predicted octanol–water partition coefficient (Wildman–Crippen LogP) is 3.39. The molecule has 0 amide bonds. The fraction of sp³-hybridized carbons (Fsp3) is 0.235. The van der Waals surface area contributed by atoms with Crippen molar-refractivity contribution in [2.24, 2.45) is 10.3 Å². The maximum atomic E-state index is 5.36. The Balaban J connectivity index is 2.37. The number of hydrogen-bond acceptors (Lipinski definition) is 5. The molecular weight excluding hydrogens is 278 g/mol. The summed E-state index contributed by atoms with van der Waals surface area (Å²) in [4.78, 5) is 14.7. The fourth-order valence-electron chi connectivity index (χ4n) is 1.94. The Labute approximate surface area is 130 Å². The zero-order chi connectivity index (χ0) is 15.8. The molecule has 1 aromatic carbocycles. The maximum absolute atomic E-state index is 5.36. The largest absolute Gasteiger partial charge is 0.399 e. The van der Waals surface area contributed by atoms with E-state index in [1.54, 1.807) is 6.20 Å². The molecule has 0 N–H and O–H groups in total. The second-order valence-corrected chi connectivity index (χ2v) is 4.81. The van der Waals surface area contributed by atoms with Gasteiger partial charge in [-0.2, -0.15) is 0 Å². The Bertz CT molecular complexity index is 663. The second-order valence-electron chi connectivity index (χ2n) is 4.81. The monoisotopic (exact) mass is 297 g/mol. The van der Waals surface area contributed by atoms with E-state index in [9.17, 15) is 0 Å². The molecular formula is C17H19N3O2. The fourth-order valence-corrected chi connectivity index (χ4v) is 1.94. The molecule has 0 unspecified atom stereocenters. The molecule has 5 heteroatoms. The van der Waals surface area contributed by atoms with Crippen molar-refractivity contribution in [2.45, 2.75) is 20.5 Å². The van der Waals surface area contributed by atoms with Gasteiger partial charge in [0.25, 0.3) is 0 Å². The highest BCUT2D eigenvalue weighted by Crippen LogP contribution is 2.16. The van der Waals surface area contributed by atoms with E-state index in [0.29, 0.717) is 12.3 Å². The molecule has 0 aliphatic rings. The van der Waals surface area contributed by atoms with E-state index >= 15 is 0 Å². The minimum absolute atomic E-state index is 0.358. The summed E-state index contributed by atoms with van der Waals surface area (Å²) >= 11 is 0. The van der Waals surface area contributed by atoms with Gasteiger partial charge in [0.05, 0.1) is 11.4 Å². The molecule has 2 aromatic rings. The summed E-state index contributed by atoms with van der Waals surface area (Å²) in [7, 11) is 1.52. The van der Waals surface area contributed by atoms with Crippen LogP contribution in [0, 0.1) is 0 Å². The molecule has 0 saturated carbocycles. The molecule has 0 radical (unpaired) electrons. The van der Waals surface area contributed by atoms with Crippen LogP contribution in [0.4, 0.5) is 0 Å². The molecule has 0 saturated heterocycles. The van der Waals surface area contributed by atoms with Crippen LogP contribution < -0.4 is 0 Å². The van der Waals surface area contributed by atoms with Crippen LogP contribution in [0.2, 0.25) is 0 Å². The molecule has 0 spiro atoms. The molecule has 22 heavy (non-hydrogen) atoms. The lowest BCUT2D eigenvalue weighted by Crippen LogP contribution is -2.10. The van der Waals surface area contributed by atoms with Crippen LogP contribution in [0.1, 0.15) is 30.7 Å². The van der Waals surface area contributed by atoms with Gasteiger partial charge in [-0.1, -0.05) is 40.6 Å². The van der Waals surface area contributed by atoms with Crippen LogP contribution in [0.15, 0.2) is 59.0 Å². The second kappa shape index (κ2) is 7.93. The topological polar surface area (TPSA) is 56.1 Å². The summed E-state index contributed by atoms with van der Waals surface area (Å²) in [5.74, 6) is 0. The molecule has 2 rings (SSSR count). The lowest BCUT2D eigenvalue weighted by atomic mass is 10.0. The number of pyridine rings is 1. The first-order valence-corrected chi connectivity index (χ1v) is 6.96. The van der Waals surface area contributed by atoms with Gasteiger partial charge < -0.3 is 9.68 Å². The van der Waals surface area contributed by atoms with Crippen molar-refractivity contribution < 1.29 is 9.68 Å². The van der Waals surface area contributed by atoms with Crippen LogP contribution in [0.5, 0.6) is 0 Å². The predicted molar refractivity (Wildman–Crippen MR) is 86.9 cm³/mol. The summed E-state index contributed by atoms with van der Waals surface area (Å²) in [6, 6.07) is 13.5. The van der Waals surface area contributed by atoms with E-state index in [2.05, 4.69) is 15.3 Å². The normalized spacial score (nSPS) is 11.0. The van der Waals surface area contributed by atoms with Crippen LogP contribution in [0.25, 0.3) is 0 Å². The van der Waals surface area contributed by atoms with Gasteiger partial charge in [0.1, 0.15) is 19.4 Å². The third-order valence-electron chi connectivity index (χ3n) is 2.83. The van der Waals surface area contributed by atoms with Gasteiger partial charge in [-0.05, 0) is 26.0 Å². The van der Waals surface area contributed by atoms with Gasteiger partial charge in [0.15, 0.2) is 0 Å². The molecule has 0 fully saturated rings. The van der Waals surface area contributed by atoms with Crippen molar-refractivity contribution in [1.82, 2.24) is 4.98 Å². The quantitative estimate of drug-likeness (QED) is 0.606. The van der Waals surface area contributed by atoms with E-state index in [4.69, 9.17) is 9.68 Å². The van der Waals surface area contributed by atoms with Gasteiger partial charge in [0, 0.05) is 17.3 Å². The van der Waals surface area contributed by atoms with Crippen molar-refractivity contribution in [1.29, 1.82) is 0 Å². The van der Waals surface area contributed by atoms with Gasteiger partial charge >= 0.3 is 0 Å². The molecule has 0 aliphatic heterocycles. The SMILES string of the molecule is CON=C(c1ccccn1)c1ccccc1CON=C(C)C. The lowest BCUT2D eigenvalue weighted by Gasteiger charge is -2.10. The highest BCUT2D eigenvalue weighted by atomic mass is 16.6. The van der Waals surface area contributed by atoms with Crippen LogP contribution in [-0.2, 0) is 16.3 Å². The molecule has 0 bridgehead atoms. The zero-order valence-corrected chi connectivity index (χ0v) is 13.0. The van der Waals surface area contributed by atoms with Crippen molar-refractivity contribution in [2.75, 3.05) is 7.11 Å². The Morgan fingerprint density at radius 2 is 1.82 bits per heavy atom. The summed E-state index contributed by atoms with van der Waals surface area (Å²) in [5.41, 5.74) is 4.15. The van der Waals surface area contributed by atoms with Crippen molar-refractivity contribution in [3.8, 4) is 0 Å². The number of hydrogen-bond donors (Lipinski definition) is 0. The highest BCUT2D eigenvalue weighted by Gasteiger charge is 2.13. The van der Waals surface area contributed by atoms with E-state index in [-0.39, 0.29) is 0 Å². The molecule has 0 atom stereocenters. The average molecular weight is 297 g/mol. The van der Waals surface area contributed by atoms with E-state index < -0.39 is 0 Å². The number of nitrogens with zero attached hydrogens (tertiary/aromatic N) is 3. The first kappa shape index (κ1) is 15.7. The zero-order valence-electron chi connectivity index (χ0n) is 13.0. The number of benzene rings is 1. The number of aromatic nitrogens is 1. The van der Waals surface area contributed by atoms with Gasteiger partial charge in [-0.25, -0.2) is 0 Å². The van der Waals surface area contributed by atoms with Crippen molar-refractivity contribution in [3.05, 3.63) is 65.5 Å². The molecule has 114 valence electrons. The number of rotatable bonds is 6. The molecule has 1 heterocycles. The van der Waals surface area contributed by atoms with Crippen LogP contribution in [-0.4, -0.2) is 23.5 Å². The summed E-state index contributed by atoms with van der Waals surface area (Å²) in [6.45, 7) is 4.13. The van der Waals surface area contributed by atoms with Gasteiger partial charge in [0.2, 0.25) is 0 Å². The minimum atomic E-state index is 0.358.